The average Bonchev–Trinajstić information content (AvgIpc) is 3.59. The number of carbonyl (C=O) groups is 6. The number of hydrogen-bond acceptors (Lipinski definition) is 10. The van der Waals surface area contributed by atoms with Crippen molar-refractivity contribution in [2.45, 2.75) is 111 Å². The van der Waals surface area contributed by atoms with Crippen LogP contribution in [0.25, 0.3) is 0 Å². The second-order valence-corrected chi connectivity index (χ2v) is 14.8. The van der Waals surface area contributed by atoms with Gasteiger partial charge in [0.25, 0.3) is 11.8 Å². The standard InChI is InChI=1S/C39H52N4O10/c1-20(2)15-28-37(48)42-14-10-11-29(42)38(49)43-19-26-16-27(51-9)13-12-25(26)17-30(43)39(50)52-24(8)23(7)35(46)41-33(21(3)4)31(44)18-32(45)53-34(22(5)6)36(47)40-28/h12-13,16,20,22,28-31,34,44H,7-8,10-11,14-15,17-19H2,1-6,9H3,(H,40,47)(H,41,46)/t28-,29-,30-,31-,34-/m0/s1. The molecule has 53 heavy (non-hydrogen) atoms. The van der Waals surface area contributed by atoms with E-state index in [0.29, 0.717) is 24.2 Å². The molecule has 0 aliphatic carbocycles. The number of cyclic esters (lactones) is 2. The molecule has 3 heterocycles. The molecule has 3 aliphatic heterocycles. The lowest BCUT2D eigenvalue weighted by atomic mass is 9.92. The van der Waals surface area contributed by atoms with Crippen molar-refractivity contribution in [3.05, 3.63) is 65.1 Å². The fourth-order valence-corrected chi connectivity index (χ4v) is 6.81. The highest BCUT2D eigenvalue weighted by Crippen LogP contribution is 2.31. The van der Waals surface area contributed by atoms with Gasteiger partial charge in [0.15, 0.2) is 6.10 Å². The summed E-state index contributed by atoms with van der Waals surface area (Å²) in [5, 5.41) is 16.3. The Balaban J connectivity index is 1.79. The molecule has 3 aliphatic rings. The van der Waals surface area contributed by atoms with Crippen molar-refractivity contribution < 1.29 is 48.1 Å². The normalized spacial score (nSPS) is 25.5. The van der Waals surface area contributed by atoms with Crippen molar-refractivity contribution >= 4 is 35.6 Å². The van der Waals surface area contributed by atoms with Gasteiger partial charge in [-0.3, -0.25) is 24.0 Å². The molecule has 1 aromatic carbocycles. The zero-order valence-corrected chi connectivity index (χ0v) is 31.7. The summed E-state index contributed by atoms with van der Waals surface area (Å²) in [5.74, 6) is -4.68. The number of allylic oxidation sites excluding steroid dienone is 1. The monoisotopic (exact) mass is 736 g/mol. The number of benzene rings is 1. The van der Waals surface area contributed by atoms with E-state index in [0.717, 1.165) is 11.1 Å². The molecule has 2 fully saturated rings. The maximum atomic E-state index is 14.5. The maximum Gasteiger partial charge on any atom is 0.334 e. The number of methoxy groups -OCH3 is 1. The first-order valence-corrected chi connectivity index (χ1v) is 18.0. The summed E-state index contributed by atoms with van der Waals surface area (Å²) in [5.41, 5.74) is 1.62. The molecule has 4 amide bonds. The van der Waals surface area contributed by atoms with Crippen LogP contribution in [0.4, 0.5) is 0 Å². The minimum absolute atomic E-state index is 0.00693. The summed E-state index contributed by atoms with van der Waals surface area (Å²) in [6.07, 6.45) is -2.34. The van der Waals surface area contributed by atoms with E-state index in [4.69, 9.17) is 14.2 Å². The number of amides is 4. The minimum atomic E-state index is -1.55. The number of hydrogen-bond donors (Lipinski definition) is 3. The van der Waals surface area contributed by atoms with Gasteiger partial charge in [0.2, 0.25) is 11.8 Å². The maximum absolute atomic E-state index is 14.5. The number of esters is 2. The molecule has 0 aromatic heterocycles. The zero-order chi connectivity index (χ0) is 39.3. The predicted molar refractivity (Wildman–Crippen MR) is 193 cm³/mol. The third-order valence-corrected chi connectivity index (χ3v) is 9.68. The number of ether oxygens (including phenoxy) is 3. The average molecular weight is 737 g/mol. The van der Waals surface area contributed by atoms with Gasteiger partial charge < -0.3 is 39.8 Å². The van der Waals surface area contributed by atoms with Crippen LogP contribution < -0.4 is 15.4 Å². The van der Waals surface area contributed by atoms with Crippen LogP contribution in [0.5, 0.6) is 5.75 Å². The highest BCUT2D eigenvalue weighted by atomic mass is 16.6. The Labute approximate surface area is 310 Å². The number of nitrogens with one attached hydrogen (secondary N) is 2. The van der Waals surface area contributed by atoms with Crippen molar-refractivity contribution in [1.29, 1.82) is 0 Å². The summed E-state index contributed by atoms with van der Waals surface area (Å²) in [6.45, 7) is 18.1. The molecule has 14 nitrogen and oxygen atoms in total. The van der Waals surface area contributed by atoms with Crippen molar-refractivity contribution in [3.8, 4) is 5.75 Å². The van der Waals surface area contributed by atoms with Gasteiger partial charge in [-0.2, -0.15) is 0 Å². The Morgan fingerprint density at radius 2 is 1.68 bits per heavy atom. The lowest BCUT2D eigenvalue weighted by Crippen LogP contribution is -2.58. The molecule has 1 aromatic rings. The Morgan fingerprint density at radius 3 is 2.30 bits per heavy atom. The SMILES string of the molecule is C=C1OC(=O)[C@@H]2Cc3ccc(OC)cc3CN2C(=O)[C@@H]2CCCN2C(=O)[C@H](CC(C)C)NC(=O)[C@H](C(C)C)OC(=O)C[C@H](O)C(=C(C)C)NC(=O)C1=C. The van der Waals surface area contributed by atoms with E-state index < -0.39 is 78.2 Å². The molecule has 0 bridgehead atoms. The molecule has 0 spiro atoms. The molecule has 0 radical (unpaired) electrons. The molecule has 3 N–H and O–H groups in total. The molecule has 288 valence electrons. The fourth-order valence-electron chi connectivity index (χ4n) is 6.81. The van der Waals surface area contributed by atoms with Crippen LogP contribution in [0.1, 0.15) is 78.4 Å². The third kappa shape index (κ3) is 9.53. The van der Waals surface area contributed by atoms with E-state index >= 15 is 0 Å². The highest BCUT2D eigenvalue weighted by molar-refractivity contribution is 5.99. The van der Waals surface area contributed by atoms with Gasteiger partial charge in [-0.15, -0.1) is 0 Å². The van der Waals surface area contributed by atoms with Crippen LogP contribution in [0.15, 0.2) is 54.0 Å². The van der Waals surface area contributed by atoms with Gasteiger partial charge in [-0.05, 0) is 68.2 Å². The number of aliphatic hydroxyl groups excluding tert-OH is 1. The van der Waals surface area contributed by atoms with Gasteiger partial charge in [0.05, 0.1) is 19.1 Å². The Kier molecular flexibility index (Phi) is 13.3. The Bertz CT molecular complexity index is 1690. The predicted octanol–water partition coefficient (Wildman–Crippen LogP) is 2.83. The summed E-state index contributed by atoms with van der Waals surface area (Å²) >= 11 is 0. The summed E-state index contributed by atoms with van der Waals surface area (Å²) in [6, 6.07) is 2.19. The molecule has 4 rings (SSSR count). The first-order valence-electron chi connectivity index (χ1n) is 18.0. The number of nitrogens with zero attached hydrogens (tertiary/aromatic N) is 2. The van der Waals surface area contributed by atoms with E-state index in [1.165, 1.54) is 16.9 Å². The number of rotatable bonds is 4. The van der Waals surface area contributed by atoms with Crippen LogP contribution in [-0.2, 0) is 51.2 Å². The molecular weight excluding hydrogens is 684 g/mol. The number of fused-ring (bicyclic) bond motifs is 3. The lowest BCUT2D eigenvalue weighted by Gasteiger charge is -2.39. The van der Waals surface area contributed by atoms with Gasteiger partial charge in [0, 0.05) is 25.2 Å². The van der Waals surface area contributed by atoms with Gasteiger partial charge in [0.1, 0.15) is 35.7 Å². The smallest absolute Gasteiger partial charge is 0.334 e. The Morgan fingerprint density at radius 1 is 0.981 bits per heavy atom. The molecule has 0 unspecified atom stereocenters. The van der Waals surface area contributed by atoms with Crippen LogP contribution >= 0.6 is 0 Å². The zero-order valence-electron chi connectivity index (χ0n) is 31.7. The van der Waals surface area contributed by atoms with Crippen molar-refractivity contribution in [1.82, 2.24) is 20.4 Å². The highest BCUT2D eigenvalue weighted by Gasteiger charge is 2.45. The first kappa shape index (κ1) is 40.8. The van der Waals surface area contributed by atoms with E-state index in [9.17, 15) is 33.9 Å². The molecule has 14 heteroatoms. The number of carbonyl (C=O) groups excluding carboxylic acids is 6. The van der Waals surface area contributed by atoms with Crippen molar-refractivity contribution in [3.63, 3.8) is 0 Å². The minimum Gasteiger partial charge on any atom is -0.497 e. The molecule has 0 saturated carbocycles. The van der Waals surface area contributed by atoms with Gasteiger partial charge in [-0.25, -0.2) is 4.79 Å². The van der Waals surface area contributed by atoms with E-state index in [2.05, 4.69) is 23.8 Å². The quantitative estimate of drug-likeness (QED) is 0.307. The van der Waals surface area contributed by atoms with Crippen LogP contribution in [0.3, 0.4) is 0 Å². The topological polar surface area (TPSA) is 181 Å². The van der Waals surface area contributed by atoms with Gasteiger partial charge in [-0.1, -0.05) is 52.5 Å². The molecule has 5 atom stereocenters. The van der Waals surface area contributed by atoms with E-state index in [1.54, 1.807) is 45.9 Å². The van der Waals surface area contributed by atoms with Crippen LogP contribution in [-0.4, -0.2) is 94.5 Å². The van der Waals surface area contributed by atoms with Crippen LogP contribution in [0, 0.1) is 11.8 Å². The summed E-state index contributed by atoms with van der Waals surface area (Å²) < 4.78 is 16.6. The summed E-state index contributed by atoms with van der Waals surface area (Å²) in [4.78, 5) is 85.7. The largest absolute Gasteiger partial charge is 0.497 e. The lowest BCUT2D eigenvalue weighted by molar-refractivity contribution is -0.161. The molecule has 2 saturated heterocycles. The third-order valence-electron chi connectivity index (χ3n) is 9.68. The number of aliphatic hydroxyl groups is 1. The molecular formula is C39H52N4O10. The van der Waals surface area contributed by atoms with Crippen molar-refractivity contribution in [2.24, 2.45) is 11.8 Å². The van der Waals surface area contributed by atoms with E-state index in [-0.39, 0.29) is 48.9 Å². The Hall–Kier alpha value is -4.98. The van der Waals surface area contributed by atoms with Gasteiger partial charge >= 0.3 is 11.9 Å². The fraction of sp³-hybridized carbons (Fsp3) is 0.538. The van der Waals surface area contributed by atoms with E-state index in [1.807, 2.05) is 13.8 Å². The van der Waals surface area contributed by atoms with Crippen molar-refractivity contribution in [2.75, 3.05) is 13.7 Å². The second kappa shape index (κ2) is 17.2. The van der Waals surface area contributed by atoms with Crippen LogP contribution in [0.2, 0.25) is 0 Å². The summed E-state index contributed by atoms with van der Waals surface area (Å²) in [7, 11) is 1.52. The first-order chi connectivity index (χ1) is 24.9. The second-order valence-electron chi connectivity index (χ2n) is 14.8.